The number of nitriles is 1. The molecule has 2 aliphatic rings. The van der Waals surface area contributed by atoms with E-state index in [-0.39, 0.29) is 11.8 Å². The van der Waals surface area contributed by atoms with Crippen molar-refractivity contribution in [3.63, 3.8) is 0 Å². The van der Waals surface area contributed by atoms with E-state index in [4.69, 9.17) is 0 Å². The summed E-state index contributed by atoms with van der Waals surface area (Å²) in [6, 6.07) is 27.1. The minimum absolute atomic E-state index is 0.0900. The maximum atomic E-state index is 13.2. The zero-order valence-corrected chi connectivity index (χ0v) is 17.3. The van der Waals surface area contributed by atoms with E-state index in [0.717, 1.165) is 39.4 Å². The van der Waals surface area contributed by atoms with Crippen molar-refractivity contribution in [3.05, 3.63) is 94.5 Å². The van der Waals surface area contributed by atoms with Crippen molar-refractivity contribution in [2.24, 2.45) is 0 Å². The molecular weight excluding hydrogens is 390 g/mol. The monoisotopic (exact) mass is 411 g/mol. The molecule has 30 heavy (non-hydrogen) atoms. The van der Waals surface area contributed by atoms with Gasteiger partial charge >= 0.3 is 0 Å². The number of nitrogens with zero attached hydrogens (tertiary/aromatic N) is 3. The number of hydrogen-bond donors (Lipinski definition) is 0. The van der Waals surface area contributed by atoms with E-state index in [2.05, 4.69) is 47.4 Å². The summed E-state index contributed by atoms with van der Waals surface area (Å²) >= 11 is 1.60. The molecule has 2 aliphatic heterocycles. The molecule has 0 saturated carbocycles. The molecule has 1 amide bonds. The van der Waals surface area contributed by atoms with Crippen LogP contribution in [-0.2, 0) is 11.3 Å². The molecule has 3 aromatic rings. The first-order valence-corrected chi connectivity index (χ1v) is 11.0. The fraction of sp³-hybridized carbons (Fsp3) is 0.200. The topological polar surface area (TPSA) is 47.3 Å². The lowest BCUT2D eigenvalue weighted by Gasteiger charge is -2.41. The Morgan fingerprint density at radius 3 is 2.60 bits per heavy atom. The Kier molecular flexibility index (Phi) is 5.04. The Hall–Kier alpha value is -3.07. The Morgan fingerprint density at radius 2 is 1.77 bits per heavy atom. The van der Waals surface area contributed by atoms with E-state index in [1.807, 2.05) is 36.4 Å². The SMILES string of the molecule is N#CC1=C2SCN(Cc3ccccc3)CN2C(=O)CC1c1cccc2ccccc12. The number of hydrogen-bond acceptors (Lipinski definition) is 4. The van der Waals surface area contributed by atoms with Gasteiger partial charge in [0.2, 0.25) is 5.91 Å². The third-order valence-electron chi connectivity index (χ3n) is 5.80. The van der Waals surface area contributed by atoms with Gasteiger partial charge in [0.15, 0.2) is 0 Å². The largest absolute Gasteiger partial charge is 0.292 e. The van der Waals surface area contributed by atoms with Gasteiger partial charge in [-0.1, -0.05) is 84.6 Å². The number of rotatable bonds is 3. The van der Waals surface area contributed by atoms with Crippen LogP contribution in [0.2, 0.25) is 0 Å². The normalized spacial score (nSPS) is 19.6. The number of benzene rings is 3. The lowest BCUT2D eigenvalue weighted by atomic mass is 9.84. The van der Waals surface area contributed by atoms with Gasteiger partial charge in [0.05, 0.1) is 29.2 Å². The summed E-state index contributed by atoms with van der Waals surface area (Å²) in [7, 11) is 0. The smallest absolute Gasteiger partial charge is 0.229 e. The fourth-order valence-electron chi connectivity index (χ4n) is 4.37. The molecule has 0 radical (unpaired) electrons. The van der Waals surface area contributed by atoms with E-state index in [1.165, 1.54) is 5.56 Å². The van der Waals surface area contributed by atoms with Gasteiger partial charge in [0.25, 0.3) is 0 Å². The Morgan fingerprint density at radius 1 is 1.00 bits per heavy atom. The molecular formula is C25H21N3OS. The van der Waals surface area contributed by atoms with E-state index >= 15 is 0 Å². The molecule has 3 aromatic carbocycles. The molecule has 2 heterocycles. The third kappa shape index (κ3) is 3.39. The predicted octanol–water partition coefficient (Wildman–Crippen LogP) is 5.05. The average molecular weight is 412 g/mol. The summed E-state index contributed by atoms with van der Waals surface area (Å²) in [5.41, 5.74) is 3.01. The second-order valence-corrected chi connectivity index (χ2v) is 8.64. The number of carbonyl (C=O) groups is 1. The molecule has 0 N–H and O–H groups in total. The average Bonchev–Trinajstić information content (AvgIpc) is 2.79. The van der Waals surface area contributed by atoms with Crippen molar-refractivity contribution in [2.75, 3.05) is 12.5 Å². The van der Waals surface area contributed by atoms with Crippen LogP contribution >= 0.6 is 11.8 Å². The van der Waals surface area contributed by atoms with E-state index < -0.39 is 0 Å². The van der Waals surface area contributed by atoms with Crippen LogP contribution in [0.5, 0.6) is 0 Å². The predicted molar refractivity (Wildman–Crippen MR) is 120 cm³/mol. The second-order valence-electron chi connectivity index (χ2n) is 7.71. The molecule has 1 fully saturated rings. The lowest BCUT2D eigenvalue weighted by Crippen LogP contribution is -2.46. The number of fused-ring (bicyclic) bond motifs is 2. The third-order valence-corrected chi connectivity index (χ3v) is 7.01. The molecule has 0 aliphatic carbocycles. The molecule has 1 atom stereocenters. The van der Waals surface area contributed by atoms with Gasteiger partial charge in [-0.15, -0.1) is 0 Å². The Balaban J connectivity index is 1.48. The van der Waals surface area contributed by atoms with Crippen LogP contribution in [0.1, 0.15) is 23.5 Å². The van der Waals surface area contributed by atoms with Gasteiger partial charge in [-0.25, -0.2) is 0 Å². The molecule has 5 rings (SSSR count). The lowest BCUT2D eigenvalue weighted by molar-refractivity contribution is -0.131. The summed E-state index contributed by atoms with van der Waals surface area (Å²) in [4.78, 5) is 17.2. The minimum atomic E-state index is -0.187. The highest BCUT2D eigenvalue weighted by atomic mass is 32.2. The van der Waals surface area contributed by atoms with Crippen molar-refractivity contribution < 1.29 is 4.79 Å². The van der Waals surface area contributed by atoms with Crippen LogP contribution in [0, 0.1) is 11.3 Å². The Bertz CT molecular complexity index is 1180. The Labute approximate surface area is 180 Å². The molecule has 1 saturated heterocycles. The number of thioether (sulfide) groups is 1. The number of carbonyl (C=O) groups excluding carboxylic acids is 1. The van der Waals surface area contributed by atoms with Gasteiger partial charge in [-0.2, -0.15) is 5.26 Å². The van der Waals surface area contributed by atoms with E-state index in [0.29, 0.717) is 13.1 Å². The van der Waals surface area contributed by atoms with Crippen molar-refractivity contribution in [1.29, 1.82) is 5.26 Å². The quantitative estimate of drug-likeness (QED) is 0.605. The fourth-order valence-corrected chi connectivity index (χ4v) is 5.51. The highest BCUT2D eigenvalue weighted by Crippen LogP contribution is 2.44. The highest BCUT2D eigenvalue weighted by Gasteiger charge is 2.38. The van der Waals surface area contributed by atoms with E-state index in [1.54, 1.807) is 16.7 Å². The van der Waals surface area contributed by atoms with Crippen LogP contribution in [0.4, 0.5) is 0 Å². The molecule has 4 nitrogen and oxygen atoms in total. The standard InChI is InChI=1S/C25H21N3OS/c26-14-23-22(21-12-6-10-19-9-4-5-11-20(19)21)13-24(29)28-16-27(17-30-25(23)28)15-18-7-2-1-3-8-18/h1-12,22H,13,15-17H2. The first-order valence-electron chi connectivity index (χ1n) is 10.1. The van der Waals surface area contributed by atoms with E-state index in [9.17, 15) is 10.1 Å². The molecule has 0 spiro atoms. The highest BCUT2D eigenvalue weighted by molar-refractivity contribution is 8.03. The molecule has 5 heteroatoms. The van der Waals surface area contributed by atoms with Crippen molar-refractivity contribution >= 4 is 28.4 Å². The summed E-state index contributed by atoms with van der Waals surface area (Å²) in [5, 5.41) is 13.1. The number of amides is 1. The van der Waals surface area contributed by atoms with Crippen LogP contribution in [0.3, 0.4) is 0 Å². The van der Waals surface area contributed by atoms with Crippen LogP contribution in [0.25, 0.3) is 10.8 Å². The van der Waals surface area contributed by atoms with Gasteiger partial charge in [-0.3, -0.25) is 14.6 Å². The second kappa shape index (κ2) is 7.98. The van der Waals surface area contributed by atoms with Gasteiger partial charge in [-0.05, 0) is 21.9 Å². The summed E-state index contributed by atoms with van der Waals surface area (Å²) in [6.07, 6.45) is 0.333. The molecule has 1 unspecified atom stereocenters. The summed E-state index contributed by atoms with van der Waals surface area (Å²) in [6.45, 7) is 1.32. The van der Waals surface area contributed by atoms with Crippen LogP contribution in [-0.4, -0.2) is 28.3 Å². The first kappa shape index (κ1) is 18.9. The van der Waals surface area contributed by atoms with Gasteiger partial charge in [0.1, 0.15) is 0 Å². The van der Waals surface area contributed by atoms with Crippen molar-refractivity contribution in [2.45, 2.75) is 18.9 Å². The zero-order valence-electron chi connectivity index (χ0n) is 16.5. The maximum Gasteiger partial charge on any atom is 0.229 e. The molecule has 148 valence electrons. The van der Waals surface area contributed by atoms with Crippen LogP contribution < -0.4 is 0 Å². The summed E-state index contributed by atoms with van der Waals surface area (Å²) < 4.78 is 0. The minimum Gasteiger partial charge on any atom is -0.292 e. The number of allylic oxidation sites excluding steroid dienone is 1. The van der Waals surface area contributed by atoms with Gasteiger partial charge < -0.3 is 0 Å². The van der Waals surface area contributed by atoms with Crippen molar-refractivity contribution in [3.8, 4) is 6.07 Å². The molecule has 0 aromatic heterocycles. The molecule has 0 bridgehead atoms. The maximum absolute atomic E-state index is 13.2. The zero-order chi connectivity index (χ0) is 20.5. The summed E-state index contributed by atoms with van der Waals surface area (Å²) in [5.74, 6) is 0.668. The van der Waals surface area contributed by atoms with Crippen LogP contribution in [0.15, 0.2) is 83.4 Å². The first-order chi connectivity index (χ1) is 14.7. The van der Waals surface area contributed by atoms with Crippen molar-refractivity contribution in [1.82, 2.24) is 9.80 Å². The van der Waals surface area contributed by atoms with Gasteiger partial charge in [0, 0.05) is 18.9 Å².